The second-order valence-corrected chi connectivity index (χ2v) is 7.73. The molecule has 0 heterocycles. The van der Waals surface area contributed by atoms with Gasteiger partial charge >= 0.3 is 6.18 Å². The summed E-state index contributed by atoms with van der Waals surface area (Å²) >= 11 is 6.23. The predicted molar refractivity (Wildman–Crippen MR) is 126 cm³/mol. The minimum absolute atomic E-state index is 0.0409. The van der Waals surface area contributed by atoms with Gasteiger partial charge in [0.05, 0.1) is 22.5 Å². The molecule has 0 aliphatic rings. The minimum Gasteiger partial charge on any atom is -0.505 e. The average molecular weight is 501 g/mol. The Kier molecular flexibility index (Phi) is 6.52. The highest BCUT2D eigenvalue weighted by Gasteiger charge is 2.32. The molecule has 2 amide bonds. The SMILES string of the molecule is O=CNc1cccc(C(=O)Nc2cc(C(F)(F)F)ccc2Oc2ccc(Cl)c3ccccc23)c1O. The number of para-hydroxylation sites is 1. The molecule has 10 heteroatoms. The lowest BCUT2D eigenvalue weighted by Gasteiger charge is -2.17. The van der Waals surface area contributed by atoms with E-state index in [-0.39, 0.29) is 22.7 Å². The Morgan fingerprint density at radius 3 is 2.34 bits per heavy atom. The quantitative estimate of drug-likeness (QED) is 0.200. The van der Waals surface area contributed by atoms with Crippen LogP contribution in [-0.2, 0) is 11.0 Å². The smallest absolute Gasteiger partial charge is 0.416 e. The van der Waals surface area contributed by atoms with E-state index in [0.29, 0.717) is 28.0 Å². The van der Waals surface area contributed by atoms with Gasteiger partial charge in [-0.15, -0.1) is 0 Å². The summed E-state index contributed by atoms with van der Waals surface area (Å²) in [6.45, 7) is 0. The molecule has 0 saturated heterocycles. The van der Waals surface area contributed by atoms with Crippen LogP contribution >= 0.6 is 11.6 Å². The van der Waals surface area contributed by atoms with Crippen LogP contribution in [0.1, 0.15) is 15.9 Å². The highest BCUT2D eigenvalue weighted by atomic mass is 35.5. The Bertz CT molecular complexity index is 1440. The molecule has 0 aliphatic carbocycles. The largest absolute Gasteiger partial charge is 0.505 e. The lowest BCUT2D eigenvalue weighted by atomic mass is 10.1. The van der Waals surface area contributed by atoms with E-state index < -0.39 is 23.4 Å². The molecular weight excluding hydrogens is 485 g/mol. The number of phenols is 1. The van der Waals surface area contributed by atoms with Gasteiger partial charge in [-0.25, -0.2) is 0 Å². The molecule has 0 fully saturated rings. The van der Waals surface area contributed by atoms with Crippen LogP contribution in [0.2, 0.25) is 5.02 Å². The molecule has 0 radical (unpaired) electrons. The van der Waals surface area contributed by atoms with Crippen LogP contribution in [0.5, 0.6) is 17.2 Å². The Labute approximate surface area is 201 Å². The van der Waals surface area contributed by atoms with E-state index in [9.17, 15) is 27.9 Å². The normalized spacial score (nSPS) is 11.2. The average Bonchev–Trinajstić information content (AvgIpc) is 2.82. The molecule has 0 bridgehead atoms. The summed E-state index contributed by atoms with van der Waals surface area (Å²) < 4.78 is 46.1. The molecule has 3 N–H and O–H groups in total. The topological polar surface area (TPSA) is 87.7 Å². The summed E-state index contributed by atoms with van der Waals surface area (Å²) in [7, 11) is 0. The third-order valence-electron chi connectivity index (χ3n) is 5.10. The number of hydrogen-bond donors (Lipinski definition) is 3. The molecule has 0 aromatic heterocycles. The van der Waals surface area contributed by atoms with Crippen molar-refractivity contribution in [2.45, 2.75) is 6.18 Å². The molecule has 0 aliphatic heterocycles. The van der Waals surface area contributed by atoms with Crippen molar-refractivity contribution < 1.29 is 32.6 Å². The lowest BCUT2D eigenvalue weighted by molar-refractivity contribution is -0.137. The fourth-order valence-electron chi connectivity index (χ4n) is 3.43. The number of anilines is 2. The number of nitrogens with one attached hydrogen (secondary N) is 2. The molecule has 4 aromatic rings. The Morgan fingerprint density at radius 1 is 0.914 bits per heavy atom. The maximum atomic E-state index is 13.4. The molecule has 4 rings (SSSR count). The molecule has 0 spiro atoms. The third kappa shape index (κ3) is 4.99. The number of fused-ring (bicyclic) bond motifs is 1. The number of benzene rings is 4. The summed E-state index contributed by atoms with van der Waals surface area (Å²) in [6.07, 6.45) is -4.37. The Hall–Kier alpha value is -4.24. The maximum Gasteiger partial charge on any atom is 0.416 e. The number of alkyl halides is 3. The van der Waals surface area contributed by atoms with Crippen molar-refractivity contribution in [1.29, 1.82) is 0 Å². The van der Waals surface area contributed by atoms with Gasteiger partial charge in [0.25, 0.3) is 5.91 Å². The predicted octanol–water partition coefficient (Wildman–Crippen LogP) is 6.83. The highest BCUT2D eigenvalue weighted by Crippen LogP contribution is 2.40. The van der Waals surface area contributed by atoms with Crippen LogP contribution < -0.4 is 15.4 Å². The van der Waals surface area contributed by atoms with Gasteiger partial charge < -0.3 is 20.5 Å². The molecule has 0 atom stereocenters. The number of amides is 2. The number of phenolic OH excluding ortho intramolecular Hbond substituents is 1. The van der Waals surface area contributed by atoms with Crippen LogP contribution in [0, 0.1) is 0 Å². The molecule has 178 valence electrons. The van der Waals surface area contributed by atoms with Gasteiger partial charge in [-0.3, -0.25) is 9.59 Å². The van der Waals surface area contributed by atoms with Crippen LogP contribution in [0.3, 0.4) is 0 Å². The van der Waals surface area contributed by atoms with Crippen molar-refractivity contribution in [2.75, 3.05) is 10.6 Å². The van der Waals surface area contributed by atoms with Gasteiger partial charge in [-0.1, -0.05) is 41.9 Å². The van der Waals surface area contributed by atoms with Crippen molar-refractivity contribution in [3.05, 3.63) is 88.9 Å². The number of hydrogen-bond acceptors (Lipinski definition) is 4. The first-order chi connectivity index (χ1) is 16.7. The van der Waals surface area contributed by atoms with Crippen LogP contribution in [0.15, 0.2) is 72.8 Å². The highest BCUT2D eigenvalue weighted by molar-refractivity contribution is 6.35. The fraction of sp³-hybridized carbons (Fsp3) is 0.0400. The molecule has 0 saturated carbocycles. The Morgan fingerprint density at radius 2 is 1.63 bits per heavy atom. The maximum absolute atomic E-state index is 13.4. The first kappa shape index (κ1) is 23.9. The van der Waals surface area contributed by atoms with Gasteiger partial charge in [0.15, 0.2) is 11.5 Å². The second-order valence-electron chi connectivity index (χ2n) is 7.32. The van der Waals surface area contributed by atoms with E-state index in [1.165, 1.54) is 18.2 Å². The zero-order chi connectivity index (χ0) is 25.2. The monoisotopic (exact) mass is 500 g/mol. The summed E-state index contributed by atoms with van der Waals surface area (Å²) in [5.74, 6) is -1.22. The van der Waals surface area contributed by atoms with E-state index in [1.807, 2.05) is 0 Å². The van der Waals surface area contributed by atoms with Crippen molar-refractivity contribution >= 4 is 46.1 Å². The second kappa shape index (κ2) is 9.55. The van der Waals surface area contributed by atoms with Crippen molar-refractivity contribution in [1.82, 2.24) is 0 Å². The van der Waals surface area contributed by atoms with E-state index in [0.717, 1.165) is 18.2 Å². The first-order valence-corrected chi connectivity index (χ1v) is 10.5. The number of ether oxygens (including phenoxy) is 1. The summed E-state index contributed by atoms with van der Waals surface area (Å²) in [5, 5.41) is 16.6. The Balaban J connectivity index is 1.75. The van der Waals surface area contributed by atoms with Crippen molar-refractivity contribution in [2.24, 2.45) is 0 Å². The van der Waals surface area contributed by atoms with E-state index in [2.05, 4.69) is 10.6 Å². The van der Waals surface area contributed by atoms with Gasteiger partial charge in [0.1, 0.15) is 5.75 Å². The van der Waals surface area contributed by atoms with Gasteiger partial charge in [-0.2, -0.15) is 13.2 Å². The molecule has 6 nitrogen and oxygen atoms in total. The van der Waals surface area contributed by atoms with E-state index in [4.69, 9.17) is 16.3 Å². The summed E-state index contributed by atoms with van der Waals surface area (Å²) in [6, 6.07) is 16.8. The number of carbonyl (C=O) groups is 2. The fourth-order valence-corrected chi connectivity index (χ4v) is 3.66. The molecule has 0 unspecified atom stereocenters. The third-order valence-corrected chi connectivity index (χ3v) is 5.43. The first-order valence-electron chi connectivity index (χ1n) is 10.1. The van der Waals surface area contributed by atoms with Crippen LogP contribution in [-0.4, -0.2) is 17.4 Å². The summed E-state index contributed by atoms with van der Waals surface area (Å²) in [5.41, 5.74) is -1.60. The molecular formula is C25H16ClF3N2O4. The van der Waals surface area contributed by atoms with Crippen LogP contribution in [0.25, 0.3) is 10.8 Å². The van der Waals surface area contributed by atoms with Gasteiger partial charge in [-0.05, 0) is 42.5 Å². The molecule has 4 aromatic carbocycles. The number of halogens is 4. The van der Waals surface area contributed by atoms with Crippen LogP contribution in [0.4, 0.5) is 24.5 Å². The van der Waals surface area contributed by atoms with E-state index >= 15 is 0 Å². The van der Waals surface area contributed by atoms with Crippen molar-refractivity contribution in [3.8, 4) is 17.2 Å². The number of rotatable bonds is 6. The zero-order valence-electron chi connectivity index (χ0n) is 17.7. The van der Waals surface area contributed by atoms with Gasteiger partial charge in [0, 0.05) is 15.8 Å². The number of aromatic hydroxyl groups is 1. The molecule has 35 heavy (non-hydrogen) atoms. The van der Waals surface area contributed by atoms with Gasteiger partial charge in [0.2, 0.25) is 6.41 Å². The lowest BCUT2D eigenvalue weighted by Crippen LogP contribution is -2.15. The minimum atomic E-state index is -4.68. The van der Waals surface area contributed by atoms with Crippen molar-refractivity contribution in [3.63, 3.8) is 0 Å². The zero-order valence-corrected chi connectivity index (χ0v) is 18.4. The standard InChI is InChI=1S/C25H16ClF3N2O4/c26-18-9-11-21(16-5-2-1-4-15(16)18)35-22-10-8-14(25(27,28)29)12-20(22)31-24(34)17-6-3-7-19(23(17)33)30-13-32/h1-13,33H,(H,30,32)(H,31,34). The number of carbonyl (C=O) groups excluding carboxylic acids is 2. The summed E-state index contributed by atoms with van der Waals surface area (Å²) in [4.78, 5) is 23.6. The van der Waals surface area contributed by atoms with E-state index in [1.54, 1.807) is 36.4 Å².